The quantitative estimate of drug-likeness (QED) is 0.586. The average molecular weight is 440 g/mol. The van der Waals surface area contributed by atoms with Gasteiger partial charge in [0.05, 0.1) is 24.8 Å². The second-order valence-electron chi connectivity index (χ2n) is 5.38. The number of esters is 1. The minimum absolute atomic E-state index is 0.0416. The molecule has 8 nitrogen and oxygen atoms in total. The molecular weight excluding hydrogens is 426 g/mol. The zero-order valence-corrected chi connectivity index (χ0v) is 17.1. The van der Waals surface area contributed by atoms with E-state index in [0.717, 1.165) is 23.0 Å². The SMILES string of the molecule is COC(=O)c1ccc(Cl)c(S(=O)(=O)Nc2nnc(-c3ccc(OC)cc3)s2)c1. The van der Waals surface area contributed by atoms with Gasteiger partial charge in [-0.3, -0.25) is 4.72 Å². The highest BCUT2D eigenvalue weighted by atomic mass is 35.5. The molecule has 146 valence electrons. The number of nitrogens with one attached hydrogen (secondary N) is 1. The number of nitrogens with zero attached hydrogens (tertiary/aromatic N) is 2. The smallest absolute Gasteiger partial charge is 0.337 e. The van der Waals surface area contributed by atoms with Gasteiger partial charge in [0.2, 0.25) is 5.13 Å². The number of hydrogen-bond acceptors (Lipinski definition) is 8. The van der Waals surface area contributed by atoms with Crippen LogP contribution in [0.25, 0.3) is 10.6 Å². The third kappa shape index (κ3) is 4.24. The van der Waals surface area contributed by atoms with Crippen LogP contribution in [-0.4, -0.2) is 38.8 Å². The van der Waals surface area contributed by atoms with Crippen molar-refractivity contribution in [3.63, 3.8) is 0 Å². The molecule has 0 aliphatic carbocycles. The summed E-state index contributed by atoms with van der Waals surface area (Å²) in [5.74, 6) is 0.0140. The number of hydrogen-bond donors (Lipinski definition) is 1. The fraction of sp³-hybridized carbons (Fsp3) is 0.118. The van der Waals surface area contributed by atoms with Gasteiger partial charge in [-0.25, -0.2) is 13.2 Å². The topological polar surface area (TPSA) is 107 Å². The number of rotatable bonds is 6. The minimum atomic E-state index is -4.09. The molecule has 0 unspecified atom stereocenters. The largest absolute Gasteiger partial charge is 0.497 e. The van der Waals surface area contributed by atoms with Crippen molar-refractivity contribution < 1.29 is 22.7 Å². The monoisotopic (exact) mass is 439 g/mol. The first-order valence-corrected chi connectivity index (χ1v) is 10.4. The summed E-state index contributed by atoms with van der Waals surface area (Å²) < 4.78 is 37.4. The molecule has 3 rings (SSSR count). The van der Waals surface area contributed by atoms with E-state index in [1.165, 1.54) is 19.2 Å². The van der Waals surface area contributed by atoms with Crippen molar-refractivity contribution in [1.82, 2.24) is 10.2 Å². The Labute approximate surface area is 170 Å². The molecule has 0 bridgehead atoms. The van der Waals surface area contributed by atoms with E-state index >= 15 is 0 Å². The molecule has 3 aromatic rings. The fourth-order valence-electron chi connectivity index (χ4n) is 2.24. The number of halogens is 1. The Morgan fingerprint density at radius 2 is 1.82 bits per heavy atom. The number of methoxy groups -OCH3 is 2. The number of ether oxygens (including phenoxy) is 2. The fourth-order valence-corrected chi connectivity index (χ4v) is 4.74. The van der Waals surface area contributed by atoms with Crippen LogP contribution in [0.1, 0.15) is 10.4 Å². The van der Waals surface area contributed by atoms with Gasteiger partial charge in [0.25, 0.3) is 10.0 Å². The Bertz CT molecular complexity index is 1110. The van der Waals surface area contributed by atoms with Crippen LogP contribution in [0.15, 0.2) is 47.4 Å². The summed E-state index contributed by atoms with van der Waals surface area (Å²) in [7, 11) is -1.33. The van der Waals surface area contributed by atoms with Gasteiger partial charge >= 0.3 is 5.97 Å². The van der Waals surface area contributed by atoms with E-state index in [-0.39, 0.29) is 20.6 Å². The molecule has 0 amide bonds. The summed E-state index contributed by atoms with van der Waals surface area (Å²) in [4.78, 5) is 11.4. The van der Waals surface area contributed by atoms with E-state index in [2.05, 4.69) is 19.7 Å². The lowest BCUT2D eigenvalue weighted by Crippen LogP contribution is -2.14. The molecule has 0 fully saturated rings. The van der Waals surface area contributed by atoms with Crippen molar-refractivity contribution in [3.8, 4) is 16.3 Å². The van der Waals surface area contributed by atoms with E-state index in [0.29, 0.717) is 10.8 Å². The highest BCUT2D eigenvalue weighted by Gasteiger charge is 2.22. The minimum Gasteiger partial charge on any atom is -0.497 e. The third-order valence-corrected chi connectivity index (χ3v) is 6.46. The van der Waals surface area contributed by atoms with Gasteiger partial charge in [-0.1, -0.05) is 22.9 Å². The number of anilines is 1. The predicted molar refractivity (Wildman–Crippen MR) is 105 cm³/mol. The van der Waals surface area contributed by atoms with Gasteiger partial charge in [-0.2, -0.15) is 0 Å². The molecule has 2 aromatic carbocycles. The van der Waals surface area contributed by atoms with Gasteiger partial charge < -0.3 is 9.47 Å². The Morgan fingerprint density at radius 1 is 1.11 bits per heavy atom. The van der Waals surface area contributed by atoms with Gasteiger partial charge in [0.1, 0.15) is 15.7 Å². The Hall–Kier alpha value is -2.69. The summed E-state index contributed by atoms with van der Waals surface area (Å²) in [5.41, 5.74) is 0.818. The summed E-state index contributed by atoms with van der Waals surface area (Å²) in [6, 6.07) is 10.9. The normalized spacial score (nSPS) is 11.1. The van der Waals surface area contributed by atoms with E-state index in [9.17, 15) is 13.2 Å². The zero-order chi connectivity index (χ0) is 20.3. The van der Waals surface area contributed by atoms with Crippen LogP contribution in [0.4, 0.5) is 5.13 Å². The van der Waals surface area contributed by atoms with Crippen molar-refractivity contribution in [2.45, 2.75) is 4.90 Å². The molecule has 0 aliphatic rings. The van der Waals surface area contributed by atoms with Crippen LogP contribution in [0.2, 0.25) is 5.02 Å². The van der Waals surface area contributed by atoms with E-state index in [1.807, 2.05) is 0 Å². The number of aromatic nitrogens is 2. The second kappa shape index (κ2) is 8.13. The number of carbonyl (C=O) groups excluding carboxylic acids is 1. The Kier molecular flexibility index (Phi) is 5.82. The van der Waals surface area contributed by atoms with Crippen LogP contribution in [-0.2, 0) is 14.8 Å². The van der Waals surface area contributed by atoms with Crippen LogP contribution in [0.5, 0.6) is 5.75 Å². The van der Waals surface area contributed by atoms with Crippen molar-refractivity contribution in [2.24, 2.45) is 0 Å². The van der Waals surface area contributed by atoms with Crippen LogP contribution < -0.4 is 9.46 Å². The standard InChI is InChI=1S/C17H14ClN3O5S2/c1-25-12-6-3-10(4-7-12)15-19-20-17(27-15)21-28(23,24)14-9-11(16(22)26-2)5-8-13(14)18/h3-9H,1-2H3,(H,20,21). The van der Waals surface area contributed by atoms with E-state index in [1.54, 1.807) is 31.4 Å². The van der Waals surface area contributed by atoms with E-state index < -0.39 is 16.0 Å². The lowest BCUT2D eigenvalue weighted by Gasteiger charge is -2.08. The summed E-state index contributed by atoms with van der Waals surface area (Å²) in [6.45, 7) is 0. The molecule has 11 heteroatoms. The molecule has 28 heavy (non-hydrogen) atoms. The summed E-state index contributed by atoms with van der Waals surface area (Å²) >= 11 is 7.06. The first-order chi connectivity index (χ1) is 13.3. The highest BCUT2D eigenvalue weighted by molar-refractivity contribution is 7.93. The maximum atomic E-state index is 12.7. The number of carbonyl (C=O) groups is 1. The van der Waals surface area contributed by atoms with Crippen LogP contribution in [0, 0.1) is 0 Å². The average Bonchev–Trinajstić information content (AvgIpc) is 3.15. The Balaban J connectivity index is 1.87. The number of benzene rings is 2. The third-order valence-electron chi connectivity index (χ3n) is 3.63. The molecule has 0 spiro atoms. The molecular formula is C17H14ClN3O5S2. The van der Waals surface area contributed by atoms with Crippen LogP contribution in [0.3, 0.4) is 0 Å². The van der Waals surface area contributed by atoms with E-state index in [4.69, 9.17) is 16.3 Å². The molecule has 1 N–H and O–H groups in total. The molecule has 0 aliphatic heterocycles. The first kappa shape index (κ1) is 20.1. The highest BCUT2D eigenvalue weighted by Crippen LogP contribution is 2.30. The van der Waals surface area contributed by atoms with Gasteiger partial charge in [0, 0.05) is 5.56 Å². The molecule has 1 heterocycles. The molecule has 0 saturated carbocycles. The predicted octanol–water partition coefficient (Wildman–Crippen LogP) is 3.45. The molecule has 0 radical (unpaired) electrons. The van der Waals surface area contributed by atoms with Crippen molar-refractivity contribution in [3.05, 3.63) is 53.1 Å². The van der Waals surface area contributed by atoms with Crippen molar-refractivity contribution in [1.29, 1.82) is 0 Å². The Morgan fingerprint density at radius 3 is 2.46 bits per heavy atom. The van der Waals surface area contributed by atoms with Crippen LogP contribution >= 0.6 is 22.9 Å². The summed E-state index contributed by atoms with van der Waals surface area (Å²) in [5, 5.41) is 8.40. The van der Waals surface area contributed by atoms with Crippen molar-refractivity contribution in [2.75, 3.05) is 18.9 Å². The maximum Gasteiger partial charge on any atom is 0.337 e. The number of sulfonamides is 1. The van der Waals surface area contributed by atoms with Gasteiger partial charge in [-0.05, 0) is 42.5 Å². The zero-order valence-electron chi connectivity index (χ0n) is 14.7. The first-order valence-electron chi connectivity index (χ1n) is 7.72. The summed E-state index contributed by atoms with van der Waals surface area (Å²) in [6.07, 6.45) is 0. The second-order valence-corrected chi connectivity index (χ2v) is 8.42. The molecule has 1 aromatic heterocycles. The van der Waals surface area contributed by atoms with Gasteiger partial charge in [0.15, 0.2) is 0 Å². The van der Waals surface area contributed by atoms with Gasteiger partial charge in [-0.15, -0.1) is 10.2 Å². The lowest BCUT2D eigenvalue weighted by molar-refractivity contribution is 0.0600. The molecule has 0 saturated heterocycles. The maximum absolute atomic E-state index is 12.7. The lowest BCUT2D eigenvalue weighted by atomic mass is 10.2. The molecule has 0 atom stereocenters. The van der Waals surface area contributed by atoms with Crippen molar-refractivity contribution >= 4 is 44.1 Å².